The van der Waals surface area contributed by atoms with E-state index in [4.69, 9.17) is 0 Å². The zero-order chi connectivity index (χ0) is 22.0. The first-order valence-corrected chi connectivity index (χ1v) is 11.5. The van der Waals surface area contributed by atoms with Crippen molar-refractivity contribution in [1.29, 1.82) is 0 Å². The molecule has 5 heteroatoms. The summed E-state index contributed by atoms with van der Waals surface area (Å²) in [5, 5.41) is 6.59. The maximum Gasteiger partial charge on any atom is 0.128 e. The second kappa shape index (κ2) is 9.04. The van der Waals surface area contributed by atoms with Crippen LogP contribution in [0.5, 0.6) is 0 Å². The highest BCUT2D eigenvalue weighted by molar-refractivity contribution is 5.85. The smallest absolute Gasteiger partial charge is 0.128 e. The van der Waals surface area contributed by atoms with Gasteiger partial charge >= 0.3 is 0 Å². The van der Waals surface area contributed by atoms with Gasteiger partial charge in [0.15, 0.2) is 0 Å². The van der Waals surface area contributed by atoms with Crippen LogP contribution in [0.25, 0.3) is 0 Å². The maximum atomic E-state index is 4.57. The standard InChI is InChI=1S/C26H35N5/c1-6-23-7-9-24(10-8-23)28-15-17-29(18-16-28)25-11-13-26(14-12-25)30-19-27-31(22(30)5)21(4)20(2)3/h7-14,19-21H,5-6,15-18H2,1-4H3. The van der Waals surface area contributed by atoms with Crippen molar-refractivity contribution < 1.29 is 0 Å². The van der Waals surface area contributed by atoms with Crippen molar-refractivity contribution >= 4 is 23.4 Å². The Kier molecular flexibility index (Phi) is 6.21. The molecule has 1 unspecified atom stereocenters. The molecule has 0 saturated carbocycles. The van der Waals surface area contributed by atoms with Crippen molar-refractivity contribution in [2.75, 3.05) is 40.9 Å². The van der Waals surface area contributed by atoms with E-state index in [2.05, 4.69) is 103 Å². The molecule has 2 heterocycles. The molecule has 0 spiro atoms. The Morgan fingerprint density at radius 3 is 1.77 bits per heavy atom. The zero-order valence-corrected chi connectivity index (χ0v) is 19.3. The number of rotatable bonds is 6. The van der Waals surface area contributed by atoms with Crippen molar-refractivity contribution in [2.24, 2.45) is 11.0 Å². The third-order valence-electron chi connectivity index (χ3n) is 6.67. The van der Waals surface area contributed by atoms with E-state index in [1.165, 1.54) is 16.9 Å². The highest BCUT2D eigenvalue weighted by Gasteiger charge is 2.27. The number of hydrogen-bond acceptors (Lipinski definition) is 5. The Bertz CT molecular complexity index is 908. The van der Waals surface area contributed by atoms with E-state index in [-0.39, 0.29) is 0 Å². The number of piperazine rings is 1. The van der Waals surface area contributed by atoms with Gasteiger partial charge in [0, 0.05) is 43.2 Å². The Labute approximate surface area is 187 Å². The fourth-order valence-electron chi connectivity index (χ4n) is 4.18. The fraction of sp³-hybridized carbons (Fsp3) is 0.423. The lowest BCUT2D eigenvalue weighted by atomic mass is 10.1. The molecule has 1 saturated heterocycles. The lowest BCUT2D eigenvalue weighted by Crippen LogP contribution is -2.46. The lowest BCUT2D eigenvalue weighted by Gasteiger charge is -2.37. The highest BCUT2D eigenvalue weighted by atomic mass is 15.6. The van der Waals surface area contributed by atoms with Crippen LogP contribution < -0.4 is 14.7 Å². The van der Waals surface area contributed by atoms with Gasteiger partial charge in [-0.3, -0.25) is 4.90 Å². The number of hydrazone groups is 1. The van der Waals surface area contributed by atoms with Crippen LogP contribution in [0.2, 0.25) is 0 Å². The minimum Gasteiger partial charge on any atom is -0.368 e. The number of benzene rings is 2. The van der Waals surface area contributed by atoms with Gasteiger partial charge in [-0.2, -0.15) is 5.10 Å². The van der Waals surface area contributed by atoms with Crippen LogP contribution >= 0.6 is 0 Å². The van der Waals surface area contributed by atoms with E-state index in [1.54, 1.807) is 0 Å². The second-order valence-corrected chi connectivity index (χ2v) is 8.86. The molecule has 2 aliphatic heterocycles. The van der Waals surface area contributed by atoms with Gasteiger partial charge in [-0.25, -0.2) is 5.01 Å². The fourth-order valence-corrected chi connectivity index (χ4v) is 4.18. The average Bonchev–Trinajstić information content (AvgIpc) is 3.20. The van der Waals surface area contributed by atoms with E-state index in [9.17, 15) is 0 Å². The summed E-state index contributed by atoms with van der Waals surface area (Å²) in [4.78, 5) is 7.03. The summed E-state index contributed by atoms with van der Waals surface area (Å²) in [6.07, 6.45) is 2.97. The third-order valence-corrected chi connectivity index (χ3v) is 6.67. The number of hydrogen-bond donors (Lipinski definition) is 0. The summed E-state index contributed by atoms with van der Waals surface area (Å²) in [5.41, 5.74) is 5.11. The molecule has 0 N–H and O–H groups in total. The lowest BCUT2D eigenvalue weighted by molar-refractivity contribution is 0.235. The molecule has 0 aromatic heterocycles. The quantitative estimate of drug-likeness (QED) is 0.648. The summed E-state index contributed by atoms with van der Waals surface area (Å²) in [5.74, 6) is 1.43. The molecule has 0 aliphatic carbocycles. The number of nitrogens with zero attached hydrogens (tertiary/aromatic N) is 5. The first kappa shape index (κ1) is 21.3. The van der Waals surface area contributed by atoms with Crippen LogP contribution in [0.3, 0.4) is 0 Å². The van der Waals surface area contributed by atoms with Gasteiger partial charge in [0.25, 0.3) is 0 Å². The minimum atomic E-state index is 0.322. The first-order chi connectivity index (χ1) is 15.0. The molecule has 164 valence electrons. The Balaban J connectivity index is 1.36. The molecule has 1 fully saturated rings. The van der Waals surface area contributed by atoms with Gasteiger partial charge in [0.05, 0.1) is 6.04 Å². The summed E-state index contributed by atoms with van der Waals surface area (Å²) >= 11 is 0. The molecule has 4 rings (SSSR count). The second-order valence-electron chi connectivity index (χ2n) is 8.86. The van der Waals surface area contributed by atoms with Crippen LogP contribution in [-0.2, 0) is 6.42 Å². The highest BCUT2D eigenvalue weighted by Crippen LogP contribution is 2.29. The van der Waals surface area contributed by atoms with E-state index >= 15 is 0 Å². The van der Waals surface area contributed by atoms with Crippen molar-refractivity contribution in [3.8, 4) is 0 Å². The van der Waals surface area contributed by atoms with Crippen molar-refractivity contribution in [2.45, 2.75) is 40.2 Å². The molecule has 0 radical (unpaired) electrons. The SMILES string of the molecule is C=C1N(c2ccc(N3CCN(c4ccc(CC)cc4)CC3)cc2)C=NN1C(C)C(C)C. The monoisotopic (exact) mass is 417 g/mol. The van der Waals surface area contributed by atoms with Crippen molar-refractivity contribution in [1.82, 2.24) is 5.01 Å². The molecule has 0 amide bonds. The Morgan fingerprint density at radius 1 is 0.806 bits per heavy atom. The van der Waals surface area contributed by atoms with E-state index in [0.717, 1.165) is 44.1 Å². The third kappa shape index (κ3) is 4.41. The minimum absolute atomic E-state index is 0.322. The van der Waals surface area contributed by atoms with Crippen LogP contribution in [-0.4, -0.2) is 43.6 Å². The molecular formula is C26H35N5. The van der Waals surface area contributed by atoms with Crippen molar-refractivity contribution in [3.05, 3.63) is 66.5 Å². The van der Waals surface area contributed by atoms with Gasteiger partial charge in [0.2, 0.25) is 0 Å². The van der Waals surface area contributed by atoms with E-state index in [1.807, 2.05) is 11.3 Å². The molecule has 0 bridgehead atoms. The molecule has 5 nitrogen and oxygen atoms in total. The molecule has 31 heavy (non-hydrogen) atoms. The van der Waals surface area contributed by atoms with Gasteiger partial charge in [-0.1, -0.05) is 39.5 Å². The first-order valence-electron chi connectivity index (χ1n) is 11.5. The zero-order valence-electron chi connectivity index (χ0n) is 19.3. The summed E-state index contributed by atoms with van der Waals surface area (Å²) in [7, 11) is 0. The predicted octanol–water partition coefficient (Wildman–Crippen LogP) is 5.16. The molecular weight excluding hydrogens is 382 g/mol. The molecule has 2 aromatic carbocycles. The summed E-state index contributed by atoms with van der Waals surface area (Å²) in [6, 6.07) is 18.1. The molecule has 2 aromatic rings. The number of anilines is 3. The van der Waals surface area contributed by atoms with Crippen LogP contribution in [0, 0.1) is 5.92 Å². The summed E-state index contributed by atoms with van der Waals surface area (Å²) < 4.78 is 0. The normalized spacial score (nSPS) is 17.8. The maximum absolute atomic E-state index is 4.57. The van der Waals surface area contributed by atoms with Crippen LogP contribution in [0.15, 0.2) is 66.0 Å². The van der Waals surface area contributed by atoms with Crippen LogP contribution in [0.1, 0.15) is 33.3 Å². The van der Waals surface area contributed by atoms with E-state index < -0.39 is 0 Å². The Hall–Kier alpha value is -2.95. The van der Waals surface area contributed by atoms with Crippen LogP contribution in [0.4, 0.5) is 17.1 Å². The van der Waals surface area contributed by atoms with Gasteiger partial charge in [-0.05, 0) is 61.2 Å². The van der Waals surface area contributed by atoms with Crippen molar-refractivity contribution in [3.63, 3.8) is 0 Å². The summed E-state index contributed by atoms with van der Waals surface area (Å²) in [6.45, 7) is 17.2. The number of aryl methyl sites for hydroxylation is 1. The largest absolute Gasteiger partial charge is 0.368 e. The molecule has 2 aliphatic rings. The average molecular weight is 418 g/mol. The predicted molar refractivity (Wildman–Crippen MR) is 133 cm³/mol. The van der Waals surface area contributed by atoms with Gasteiger partial charge < -0.3 is 9.80 Å². The molecule has 1 atom stereocenters. The van der Waals surface area contributed by atoms with Gasteiger partial charge in [-0.15, -0.1) is 0 Å². The van der Waals surface area contributed by atoms with Gasteiger partial charge in [0.1, 0.15) is 12.2 Å². The topological polar surface area (TPSA) is 25.3 Å². The van der Waals surface area contributed by atoms with E-state index in [0.29, 0.717) is 12.0 Å². The Morgan fingerprint density at radius 2 is 1.29 bits per heavy atom.